The van der Waals surface area contributed by atoms with E-state index in [1.165, 1.54) is 0 Å². The molecule has 1 atom stereocenters. The number of hydrogen-bond donors (Lipinski definition) is 1. The molecule has 6 nitrogen and oxygen atoms in total. The average Bonchev–Trinajstić information content (AvgIpc) is 2.87. The molecule has 3 rings (SSSR count). The molecular formula is C11H17N5O. The number of aromatic nitrogens is 2. The molecule has 1 N–H and O–H groups in total. The Labute approximate surface area is 100 Å². The lowest BCUT2D eigenvalue weighted by atomic mass is 10.2. The molecule has 0 aliphatic carbocycles. The van der Waals surface area contributed by atoms with Gasteiger partial charge in [0.05, 0.1) is 12.6 Å². The fraction of sp³-hybridized carbons (Fsp3) is 0.636. The van der Waals surface area contributed by atoms with Crippen molar-refractivity contribution in [3.8, 4) is 0 Å². The molecule has 2 fully saturated rings. The summed E-state index contributed by atoms with van der Waals surface area (Å²) in [5.74, 6) is 1.08. The minimum absolute atomic E-state index is 0.0895. The smallest absolute Gasteiger partial charge is 0.317 e. The number of nitrogens with one attached hydrogen (secondary N) is 1. The first-order chi connectivity index (χ1) is 8.24. The molecule has 2 aliphatic heterocycles. The van der Waals surface area contributed by atoms with Gasteiger partial charge in [-0.3, -0.25) is 4.90 Å². The summed E-state index contributed by atoms with van der Waals surface area (Å²) >= 11 is 0. The second-order valence-corrected chi connectivity index (χ2v) is 4.72. The minimum Gasteiger partial charge on any atom is -0.337 e. The third-order valence-corrected chi connectivity index (χ3v) is 3.60. The van der Waals surface area contributed by atoms with Gasteiger partial charge in [0.25, 0.3) is 0 Å². The van der Waals surface area contributed by atoms with Crippen LogP contribution in [0.4, 0.5) is 4.79 Å². The fourth-order valence-electron chi connectivity index (χ4n) is 2.56. The lowest BCUT2D eigenvalue weighted by Crippen LogP contribution is -2.51. The molecule has 0 saturated carbocycles. The summed E-state index contributed by atoms with van der Waals surface area (Å²) in [6.45, 7) is 4.32. The quantitative estimate of drug-likeness (QED) is 0.761. The second-order valence-electron chi connectivity index (χ2n) is 4.72. The Morgan fingerprint density at radius 1 is 1.53 bits per heavy atom. The van der Waals surface area contributed by atoms with E-state index in [1.807, 2.05) is 28.9 Å². The summed E-state index contributed by atoms with van der Waals surface area (Å²) in [6, 6.07) is 0.420. The maximum Gasteiger partial charge on any atom is 0.317 e. The fourth-order valence-corrected chi connectivity index (χ4v) is 2.56. The minimum atomic E-state index is 0.0895. The van der Waals surface area contributed by atoms with Gasteiger partial charge >= 0.3 is 6.03 Å². The van der Waals surface area contributed by atoms with Gasteiger partial charge in [-0.05, 0) is 0 Å². The van der Waals surface area contributed by atoms with Crippen LogP contribution in [-0.2, 0) is 13.6 Å². The van der Waals surface area contributed by atoms with Crippen LogP contribution in [0.1, 0.15) is 5.82 Å². The molecule has 6 heteroatoms. The summed E-state index contributed by atoms with van der Waals surface area (Å²) in [5.41, 5.74) is 0. The molecule has 0 bridgehead atoms. The summed E-state index contributed by atoms with van der Waals surface area (Å²) in [6.07, 6.45) is 3.79. The number of fused-ring (bicyclic) bond motifs is 1. The van der Waals surface area contributed by atoms with Crippen molar-refractivity contribution in [1.82, 2.24) is 24.7 Å². The van der Waals surface area contributed by atoms with Gasteiger partial charge < -0.3 is 14.8 Å². The maximum absolute atomic E-state index is 11.5. The highest BCUT2D eigenvalue weighted by atomic mass is 16.2. The zero-order valence-electron chi connectivity index (χ0n) is 9.96. The van der Waals surface area contributed by atoms with Crippen molar-refractivity contribution in [2.75, 3.05) is 26.2 Å². The number of carbonyl (C=O) groups is 1. The van der Waals surface area contributed by atoms with E-state index < -0.39 is 0 Å². The first-order valence-electron chi connectivity index (χ1n) is 5.97. The van der Waals surface area contributed by atoms with Crippen LogP contribution >= 0.6 is 0 Å². The van der Waals surface area contributed by atoms with Gasteiger partial charge in [0.15, 0.2) is 0 Å². The zero-order chi connectivity index (χ0) is 11.8. The molecular weight excluding hydrogens is 218 g/mol. The Morgan fingerprint density at radius 2 is 2.41 bits per heavy atom. The van der Waals surface area contributed by atoms with Crippen molar-refractivity contribution >= 4 is 6.03 Å². The molecule has 1 unspecified atom stereocenters. The van der Waals surface area contributed by atoms with Gasteiger partial charge in [0, 0.05) is 45.6 Å². The number of amides is 2. The summed E-state index contributed by atoms with van der Waals surface area (Å²) in [5, 5.41) is 2.89. The van der Waals surface area contributed by atoms with Crippen molar-refractivity contribution in [1.29, 1.82) is 0 Å². The number of carbonyl (C=O) groups excluding carboxylic acids is 1. The predicted octanol–water partition coefficient (Wildman–Crippen LogP) is -0.370. The highest BCUT2D eigenvalue weighted by Gasteiger charge is 2.35. The van der Waals surface area contributed by atoms with Crippen LogP contribution in [0.15, 0.2) is 12.4 Å². The second kappa shape index (κ2) is 4.03. The van der Waals surface area contributed by atoms with Crippen LogP contribution in [-0.4, -0.2) is 57.6 Å². The molecule has 3 heterocycles. The molecule has 0 spiro atoms. The highest BCUT2D eigenvalue weighted by Crippen LogP contribution is 2.15. The molecule has 92 valence electrons. The molecule has 2 saturated heterocycles. The van der Waals surface area contributed by atoms with Gasteiger partial charge in [0.1, 0.15) is 5.82 Å². The van der Waals surface area contributed by atoms with Crippen molar-refractivity contribution in [3.05, 3.63) is 18.2 Å². The summed E-state index contributed by atoms with van der Waals surface area (Å²) < 4.78 is 2.05. The SMILES string of the molecule is Cn1ccnc1CN1CCN2C(=O)NCC2C1. The van der Waals surface area contributed by atoms with Gasteiger partial charge in [0.2, 0.25) is 0 Å². The van der Waals surface area contributed by atoms with Gasteiger partial charge in [-0.1, -0.05) is 0 Å². The topological polar surface area (TPSA) is 53.4 Å². The van der Waals surface area contributed by atoms with Crippen LogP contribution in [0.25, 0.3) is 0 Å². The van der Waals surface area contributed by atoms with E-state index in [-0.39, 0.29) is 6.03 Å². The third-order valence-electron chi connectivity index (χ3n) is 3.60. The van der Waals surface area contributed by atoms with E-state index in [2.05, 4.69) is 15.2 Å². The van der Waals surface area contributed by atoms with Crippen LogP contribution in [0.3, 0.4) is 0 Å². The summed E-state index contributed by atoms with van der Waals surface area (Å²) in [4.78, 5) is 20.1. The Bertz CT molecular complexity index is 429. The van der Waals surface area contributed by atoms with Crippen LogP contribution in [0, 0.1) is 0 Å². The lowest BCUT2D eigenvalue weighted by molar-refractivity contribution is 0.114. The Kier molecular flexibility index (Phi) is 2.51. The number of hydrogen-bond acceptors (Lipinski definition) is 3. The standard InChI is InChI=1S/C11H17N5O/c1-14-3-2-12-10(14)8-15-4-5-16-9(7-15)6-13-11(16)17/h2-3,9H,4-8H2,1H3,(H,13,17). The number of rotatable bonds is 2. The zero-order valence-corrected chi connectivity index (χ0v) is 9.96. The van der Waals surface area contributed by atoms with Crippen LogP contribution < -0.4 is 5.32 Å². The number of nitrogens with zero attached hydrogens (tertiary/aromatic N) is 4. The van der Waals surface area contributed by atoms with Crippen molar-refractivity contribution in [2.45, 2.75) is 12.6 Å². The number of urea groups is 1. The van der Waals surface area contributed by atoms with Crippen LogP contribution in [0.2, 0.25) is 0 Å². The van der Waals surface area contributed by atoms with Gasteiger partial charge in [-0.2, -0.15) is 0 Å². The highest BCUT2D eigenvalue weighted by molar-refractivity contribution is 5.77. The Hall–Kier alpha value is -1.56. The van der Waals surface area contributed by atoms with E-state index in [0.717, 1.165) is 38.5 Å². The van der Waals surface area contributed by atoms with Gasteiger partial charge in [-0.15, -0.1) is 0 Å². The van der Waals surface area contributed by atoms with Crippen LogP contribution in [0.5, 0.6) is 0 Å². The predicted molar refractivity (Wildman–Crippen MR) is 62.4 cm³/mol. The average molecular weight is 235 g/mol. The Balaban J connectivity index is 1.64. The lowest BCUT2D eigenvalue weighted by Gasteiger charge is -2.36. The first kappa shape index (κ1) is 10.6. The maximum atomic E-state index is 11.5. The third kappa shape index (κ3) is 1.88. The molecule has 2 aliphatic rings. The molecule has 1 aromatic heterocycles. The normalized spacial score (nSPS) is 24.9. The summed E-state index contributed by atoms with van der Waals surface area (Å²) in [7, 11) is 2.01. The van der Waals surface area contributed by atoms with E-state index in [1.54, 1.807) is 0 Å². The molecule has 1 aromatic rings. The van der Waals surface area contributed by atoms with E-state index >= 15 is 0 Å². The molecule has 0 radical (unpaired) electrons. The van der Waals surface area contributed by atoms with Gasteiger partial charge in [-0.25, -0.2) is 9.78 Å². The van der Waals surface area contributed by atoms with E-state index in [4.69, 9.17) is 0 Å². The molecule has 2 amide bonds. The van der Waals surface area contributed by atoms with E-state index in [9.17, 15) is 4.79 Å². The van der Waals surface area contributed by atoms with Crippen molar-refractivity contribution in [3.63, 3.8) is 0 Å². The largest absolute Gasteiger partial charge is 0.337 e. The van der Waals surface area contributed by atoms with Crippen molar-refractivity contribution in [2.24, 2.45) is 7.05 Å². The Morgan fingerprint density at radius 3 is 3.18 bits per heavy atom. The number of piperazine rings is 1. The monoisotopic (exact) mass is 235 g/mol. The number of imidazole rings is 1. The number of aryl methyl sites for hydroxylation is 1. The first-order valence-corrected chi connectivity index (χ1v) is 5.97. The van der Waals surface area contributed by atoms with Crippen molar-refractivity contribution < 1.29 is 4.79 Å². The molecule has 17 heavy (non-hydrogen) atoms. The van der Waals surface area contributed by atoms with E-state index in [0.29, 0.717) is 6.04 Å². The molecule has 0 aromatic carbocycles.